The molecule has 6 heteroatoms. The second kappa shape index (κ2) is 12.1. The van der Waals surface area contributed by atoms with Crippen LogP contribution in [-0.2, 0) is 9.59 Å². The van der Waals surface area contributed by atoms with Crippen molar-refractivity contribution in [2.45, 2.75) is 67.0 Å². The highest BCUT2D eigenvalue weighted by molar-refractivity contribution is 7.78. The summed E-state index contributed by atoms with van der Waals surface area (Å²) in [6.07, 6.45) is 3.72. The van der Waals surface area contributed by atoms with Crippen molar-refractivity contribution in [3.05, 3.63) is 58.1 Å². The number of nitriles is 1. The number of benzene rings is 2. The molecule has 0 radical (unpaired) electrons. The van der Waals surface area contributed by atoms with E-state index in [2.05, 4.69) is 37.5 Å². The number of rotatable bonds is 10. The van der Waals surface area contributed by atoms with Crippen molar-refractivity contribution in [1.29, 1.82) is 5.26 Å². The molecule has 0 heterocycles. The molecule has 0 aliphatic carbocycles. The summed E-state index contributed by atoms with van der Waals surface area (Å²) in [5, 5.41) is 15.6. The molecule has 1 atom stereocenters. The number of amides is 2. The number of hydrogen-bond acceptors (Lipinski definition) is 3. The van der Waals surface area contributed by atoms with Gasteiger partial charge in [0, 0.05) is 18.6 Å². The maximum atomic E-state index is 13.7. The van der Waals surface area contributed by atoms with Crippen LogP contribution < -0.4 is 10.6 Å². The molecule has 0 bridgehead atoms. The third kappa shape index (κ3) is 6.24. The summed E-state index contributed by atoms with van der Waals surface area (Å²) in [7, 11) is -1.92. The van der Waals surface area contributed by atoms with Gasteiger partial charge in [-0.2, -0.15) is 5.26 Å². The molecule has 0 saturated carbocycles. The number of nitrogens with one attached hydrogen (secondary N) is 2. The summed E-state index contributed by atoms with van der Waals surface area (Å²) >= 11 is 0. The van der Waals surface area contributed by atoms with Gasteiger partial charge >= 0.3 is 0 Å². The van der Waals surface area contributed by atoms with Gasteiger partial charge in [0.25, 0.3) is 11.8 Å². The van der Waals surface area contributed by atoms with Crippen LogP contribution in [0.4, 0.5) is 11.4 Å². The molecule has 0 spiro atoms. The normalized spacial score (nSPS) is 12.1. The van der Waals surface area contributed by atoms with E-state index in [9.17, 15) is 14.9 Å². The monoisotopic (exact) mass is 480 g/mol. The van der Waals surface area contributed by atoms with Crippen LogP contribution in [-0.4, -0.2) is 36.0 Å². The summed E-state index contributed by atoms with van der Waals surface area (Å²) < 4.78 is 0. The maximum Gasteiger partial charge on any atom is 0.265 e. The van der Waals surface area contributed by atoms with Gasteiger partial charge in [0.05, 0.1) is 24.0 Å². The molecule has 0 fully saturated rings. The largest absolute Gasteiger partial charge is 0.322 e. The van der Waals surface area contributed by atoms with Crippen molar-refractivity contribution in [2.75, 3.05) is 29.1 Å². The number of aryl methyl sites for hydroxylation is 4. The zero-order chi connectivity index (χ0) is 25.5. The van der Waals surface area contributed by atoms with Crippen LogP contribution in [0.5, 0.6) is 0 Å². The first-order chi connectivity index (χ1) is 16.1. The van der Waals surface area contributed by atoms with Gasteiger partial charge in [0.1, 0.15) is 11.8 Å². The maximum absolute atomic E-state index is 13.7. The van der Waals surface area contributed by atoms with Crippen LogP contribution in [0.1, 0.15) is 61.4 Å². The molecule has 5 nitrogen and oxygen atoms in total. The Morgan fingerprint density at radius 2 is 1.44 bits per heavy atom. The number of hydrogen-bond donors (Lipinski definition) is 2. The zero-order valence-electron chi connectivity index (χ0n) is 21.7. The van der Waals surface area contributed by atoms with Gasteiger partial charge in [-0.3, -0.25) is 9.59 Å². The molecule has 2 aromatic carbocycles. The molecule has 0 saturated heterocycles. The van der Waals surface area contributed by atoms with E-state index in [1.807, 2.05) is 45.9 Å². The molecule has 0 aromatic heterocycles. The highest BCUT2D eigenvalue weighted by Crippen LogP contribution is 2.63. The Hall–Kier alpha value is -2.70. The van der Waals surface area contributed by atoms with Crippen LogP contribution in [0.15, 0.2) is 30.3 Å². The Bertz CT molecular complexity index is 1040. The molecule has 0 aliphatic heterocycles. The number of nitrogens with zero attached hydrogens (tertiary/aromatic N) is 1. The van der Waals surface area contributed by atoms with Crippen molar-refractivity contribution in [3.63, 3.8) is 0 Å². The fourth-order valence-corrected chi connectivity index (χ4v) is 8.85. The fourth-order valence-electron chi connectivity index (χ4n) is 4.83. The minimum absolute atomic E-state index is 0.00494. The summed E-state index contributed by atoms with van der Waals surface area (Å²) in [5.74, 6) is -0.0104. The quantitative estimate of drug-likeness (QED) is 0.376. The first-order valence-electron chi connectivity index (χ1n) is 12.2. The fraction of sp³-hybridized carbons (Fsp3) is 0.464. The van der Waals surface area contributed by atoms with Crippen molar-refractivity contribution in [3.8, 4) is 6.07 Å². The van der Waals surface area contributed by atoms with E-state index in [1.165, 1.54) is 0 Å². The lowest BCUT2D eigenvalue weighted by molar-refractivity contribution is -0.116. The van der Waals surface area contributed by atoms with E-state index in [0.29, 0.717) is 11.7 Å². The van der Waals surface area contributed by atoms with Crippen molar-refractivity contribution >= 4 is 30.5 Å². The lowest BCUT2D eigenvalue weighted by Crippen LogP contribution is -2.36. The number of anilines is 2. The van der Waals surface area contributed by atoms with E-state index in [1.54, 1.807) is 12.1 Å². The third-order valence-electron chi connectivity index (χ3n) is 6.90. The van der Waals surface area contributed by atoms with Gasteiger partial charge in [-0.15, -0.1) is 0 Å². The molecule has 1 unspecified atom stereocenters. The van der Waals surface area contributed by atoms with Gasteiger partial charge in [0.2, 0.25) is 0 Å². The highest BCUT2D eigenvalue weighted by Gasteiger charge is 2.48. The average molecular weight is 481 g/mol. The summed E-state index contributed by atoms with van der Waals surface area (Å²) in [5.41, 5.74) is 5.89. The van der Waals surface area contributed by atoms with Gasteiger partial charge in [-0.1, -0.05) is 31.5 Å². The third-order valence-corrected chi connectivity index (χ3v) is 12.2. The van der Waals surface area contributed by atoms with Crippen LogP contribution in [0.25, 0.3) is 0 Å². The molecule has 2 aromatic rings. The second-order valence-electron chi connectivity index (χ2n) is 9.21. The van der Waals surface area contributed by atoms with E-state index < -0.39 is 7.26 Å². The van der Waals surface area contributed by atoms with Gasteiger partial charge < -0.3 is 10.6 Å². The first-order valence-corrected chi connectivity index (χ1v) is 14.6. The SMILES string of the molecule is CCCC(C(=O)Nc1c(C)cc(C#N)cc1C)[P+](CC)(CC)CC(=O)Nc1c(C)cccc1C. The molecule has 182 valence electrons. The van der Waals surface area contributed by atoms with Crippen LogP contribution >= 0.6 is 7.26 Å². The smallest absolute Gasteiger partial charge is 0.265 e. The Morgan fingerprint density at radius 1 is 0.912 bits per heavy atom. The Labute approximate surface area is 205 Å². The number of carbonyl (C=O) groups excluding carboxylic acids is 2. The van der Waals surface area contributed by atoms with E-state index in [-0.39, 0.29) is 17.5 Å². The number of carbonyl (C=O) groups is 2. The Kier molecular flexibility index (Phi) is 9.83. The summed E-state index contributed by atoms with van der Waals surface area (Å²) in [6, 6.07) is 11.8. The minimum Gasteiger partial charge on any atom is -0.322 e. The Morgan fingerprint density at radius 3 is 1.91 bits per heavy atom. The van der Waals surface area contributed by atoms with E-state index in [0.717, 1.165) is 58.8 Å². The molecule has 34 heavy (non-hydrogen) atoms. The minimum atomic E-state index is -1.92. The standard InChI is InChI=1S/C28H38N3O2P/c1-8-12-24(28(33)31-27-21(6)15-23(17-29)16-22(27)7)34(9-2,10-3)18-25(32)30-26-19(4)13-11-14-20(26)5/h11,13-16,24H,8-10,12,18H2,1-7H3,(H-,30,31,32,33)/p+1. The first kappa shape index (κ1) is 27.5. The molecule has 2 amide bonds. The zero-order valence-corrected chi connectivity index (χ0v) is 22.6. The lowest BCUT2D eigenvalue weighted by atomic mass is 10.0. The van der Waals surface area contributed by atoms with E-state index in [4.69, 9.17) is 0 Å². The van der Waals surface area contributed by atoms with Crippen LogP contribution in [0.2, 0.25) is 0 Å². The van der Waals surface area contributed by atoms with Crippen molar-refractivity contribution in [1.82, 2.24) is 0 Å². The molecular formula is C28H39N3O2P+. The number of para-hydroxylation sites is 1. The summed E-state index contributed by atoms with van der Waals surface area (Å²) in [6.45, 7) is 14.2. The molecule has 2 N–H and O–H groups in total. The average Bonchev–Trinajstić information content (AvgIpc) is 2.80. The predicted molar refractivity (Wildman–Crippen MR) is 145 cm³/mol. The molecule has 2 rings (SSSR count). The topological polar surface area (TPSA) is 82.0 Å². The second-order valence-corrected chi connectivity index (χ2v) is 13.9. The van der Waals surface area contributed by atoms with Gasteiger partial charge in [-0.05, 0) is 82.3 Å². The van der Waals surface area contributed by atoms with Crippen molar-refractivity contribution < 1.29 is 9.59 Å². The van der Waals surface area contributed by atoms with Crippen LogP contribution in [0, 0.1) is 39.0 Å². The molecule has 0 aliphatic rings. The molecular weight excluding hydrogens is 441 g/mol. The lowest BCUT2D eigenvalue weighted by Gasteiger charge is -2.32. The van der Waals surface area contributed by atoms with Crippen LogP contribution in [0.3, 0.4) is 0 Å². The van der Waals surface area contributed by atoms with Crippen molar-refractivity contribution in [2.24, 2.45) is 0 Å². The Balaban J connectivity index is 2.34. The van der Waals surface area contributed by atoms with E-state index >= 15 is 0 Å². The predicted octanol–water partition coefficient (Wildman–Crippen LogP) is 6.60. The van der Waals surface area contributed by atoms with Gasteiger partial charge in [-0.25, -0.2) is 0 Å². The summed E-state index contributed by atoms with van der Waals surface area (Å²) in [4.78, 5) is 27.0. The van der Waals surface area contributed by atoms with Gasteiger partial charge in [0.15, 0.2) is 0 Å². The highest BCUT2D eigenvalue weighted by atomic mass is 31.2.